The molecule has 0 radical (unpaired) electrons. The molecule has 0 saturated heterocycles. The van der Waals surface area contributed by atoms with E-state index in [1.165, 1.54) is 22.0 Å². The summed E-state index contributed by atoms with van der Waals surface area (Å²) in [5.74, 6) is 0. The normalized spacial score (nSPS) is 12.2. The standard InChI is InChI=1S/C24H37NP2/c1-17(2)26(18(3)4)23-15-11-9-13-21(23)25-22-14-10-12-16-24(22)27(19(5)6)20(7)8/h9-20,25H,1-8H3. The van der Waals surface area contributed by atoms with Gasteiger partial charge in [0.25, 0.3) is 0 Å². The molecule has 1 N–H and O–H groups in total. The summed E-state index contributed by atoms with van der Waals surface area (Å²) in [5, 5.41) is 6.86. The quantitative estimate of drug-likeness (QED) is 0.458. The first-order valence-corrected chi connectivity index (χ1v) is 13.2. The summed E-state index contributed by atoms with van der Waals surface area (Å²) in [6.07, 6.45) is 0. The van der Waals surface area contributed by atoms with Crippen LogP contribution in [-0.4, -0.2) is 22.6 Å². The fourth-order valence-electron chi connectivity index (χ4n) is 4.06. The van der Waals surface area contributed by atoms with Gasteiger partial charge >= 0.3 is 0 Å². The molecule has 0 fully saturated rings. The second-order valence-electron chi connectivity index (χ2n) is 8.35. The zero-order chi connectivity index (χ0) is 20.1. The molecule has 2 aromatic carbocycles. The zero-order valence-corrected chi connectivity index (χ0v) is 20.1. The lowest BCUT2D eigenvalue weighted by Gasteiger charge is -2.31. The second kappa shape index (κ2) is 10.0. The van der Waals surface area contributed by atoms with Gasteiger partial charge in [0, 0.05) is 11.4 Å². The lowest BCUT2D eigenvalue weighted by molar-refractivity contribution is 1.02. The summed E-state index contributed by atoms with van der Waals surface area (Å²) in [6, 6.07) is 17.9. The van der Waals surface area contributed by atoms with Crippen molar-refractivity contribution in [2.45, 2.75) is 78.0 Å². The van der Waals surface area contributed by atoms with E-state index in [1.807, 2.05) is 0 Å². The van der Waals surface area contributed by atoms with Crippen LogP contribution in [-0.2, 0) is 0 Å². The van der Waals surface area contributed by atoms with Crippen LogP contribution in [0, 0.1) is 0 Å². The predicted octanol–water partition coefficient (Wildman–Crippen LogP) is 7.28. The molecule has 0 atom stereocenters. The summed E-state index contributed by atoms with van der Waals surface area (Å²) in [7, 11) is -0.396. The molecule has 0 spiro atoms. The molecule has 0 aliphatic rings. The van der Waals surface area contributed by atoms with Crippen molar-refractivity contribution >= 4 is 37.8 Å². The van der Waals surface area contributed by atoms with Crippen LogP contribution in [0.1, 0.15) is 55.4 Å². The topological polar surface area (TPSA) is 12.0 Å². The minimum Gasteiger partial charge on any atom is -0.354 e. The molecule has 2 rings (SSSR count). The minimum atomic E-state index is -0.198. The summed E-state index contributed by atoms with van der Waals surface area (Å²) >= 11 is 0. The Balaban J connectivity index is 2.48. The molecular weight excluding hydrogens is 364 g/mol. The molecule has 0 aliphatic heterocycles. The molecule has 0 aromatic heterocycles. The van der Waals surface area contributed by atoms with Gasteiger partial charge < -0.3 is 5.32 Å². The monoisotopic (exact) mass is 401 g/mol. The minimum absolute atomic E-state index is 0.198. The number of benzene rings is 2. The molecular formula is C24H37NP2. The molecule has 0 unspecified atom stereocenters. The van der Waals surface area contributed by atoms with Gasteiger partial charge in [-0.1, -0.05) is 108 Å². The van der Waals surface area contributed by atoms with Gasteiger partial charge in [-0.2, -0.15) is 0 Å². The molecule has 1 nitrogen and oxygen atoms in total. The van der Waals surface area contributed by atoms with E-state index in [0.717, 1.165) is 0 Å². The maximum Gasteiger partial charge on any atom is 0.0462 e. The van der Waals surface area contributed by atoms with Crippen LogP contribution < -0.4 is 15.9 Å². The molecule has 0 saturated carbocycles. The third-order valence-corrected chi connectivity index (χ3v) is 11.2. The predicted molar refractivity (Wildman–Crippen MR) is 130 cm³/mol. The Morgan fingerprint density at radius 1 is 0.519 bits per heavy atom. The van der Waals surface area contributed by atoms with E-state index in [1.54, 1.807) is 0 Å². The smallest absolute Gasteiger partial charge is 0.0462 e. The fourth-order valence-corrected chi connectivity index (χ4v) is 10.0. The molecule has 27 heavy (non-hydrogen) atoms. The van der Waals surface area contributed by atoms with Gasteiger partial charge in [-0.25, -0.2) is 0 Å². The third-order valence-electron chi connectivity index (χ3n) is 4.86. The van der Waals surface area contributed by atoms with Crippen LogP contribution in [0.2, 0.25) is 0 Å². The highest BCUT2D eigenvalue weighted by molar-refractivity contribution is 7.67. The van der Waals surface area contributed by atoms with Crippen LogP contribution in [0.4, 0.5) is 11.4 Å². The number of rotatable bonds is 8. The van der Waals surface area contributed by atoms with E-state index in [0.29, 0.717) is 22.6 Å². The first-order chi connectivity index (χ1) is 12.7. The van der Waals surface area contributed by atoms with E-state index in [4.69, 9.17) is 0 Å². The van der Waals surface area contributed by atoms with Crippen LogP contribution >= 0.6 is 15.8 Å². The van der Waals surface area contributed by atoms with Crippen molar-refractivity contribution in [1.82, 2.24) is 0 Å². The van der Waals surface area contributed by atoms with E-state index in [2.05, 4.69) is 109 Å². The van der Waals surface area contributed by atoms with Crippen LogP contribution in [0.25, 0.3) is 0 Å². The fraction of sp³-hybridized carbons (Fsp3) is 0.500. The molecule has 0 bridgehead atoms. The highest BCUT2D eigenvalue weighted by Gasteiger charge is 2.24. The van der Waals surface area contributed by atoms with Crippen LogP contribution in [0.5, 0.6) is 0 Å². The van der Waals surface area contributed by atoms with E-state index in [9.17, 15) is 0 Å². The van der Waals surface area contributed by atoms with Gasteiger partial charge in [0.05, 0.1) is 0 Å². The maximum atomic E-state index is 3.85. The highest BCUT2D eigenvalue weighted by atomic mass is 31.1. The summed E-state index contributed by atoms with van der Waals surface area (Å²) in [5.41, 5.74) is 5.31. The van der Waals surface area contributed by atoms with Gasteiger partial charge in [-0.15, -0.1) is 0 Å². The Kier molecular flexibility index (Phi) is 8.33. The van der Waals surface area contributed by atoms with Crippen molar-refractivity contribution in [2.24, 2.45) is 0 Å². The van der Waals surface area contributed by atoms with Crippen molar-refractivity contribution in [3.05, 3.63) is 48.5 Å². The lowest BCUT2D eigenvalue weighted by atomic mass is 10.2. The van der Waals surface area contributed by atoms with Gasteiger partial charge in [-0.3, -0.25) is 0 Å². The molecule has 0 amide bonds. The van der Waals surface area contributed by atoms with Crippen molar-refractivity contribution in [2.75, 3.05) is 5.32 Å². The molecule has 0 aliphatic carbocycles. The molecule has 0 heterocycles. The largest absolute Gasteiger partial charge is 0.354 e. The Bertz CT molecular complexity index is 644. The van der Waals surface area contributed by atoms with E-state index < -0.39 is 0 Å². The first kappa shape index (κ1) is 22.4. The lowest BCUT2D eigenvalue weighted by Crippen LogP contribution is -2.21. The summed E-state index contributed by atoms with van der Waals surface area (Å²) in [6.45, 7) is 18.9. The van der Waals surface area contributed by atoms with Crippen molar-refractivity contribution in [1.29, 1.82) is 0 Å². The first-order valence-electron chi connectivity index (χ1n) is 10.3. The number of anilines is 2. The van der Waals surface area contributed by atoms with Gasteiger partial charge in [-0.05, 0) is 45.4 Å². The zero-order valence-electron chi connectivity index (χ0n) is 18.3. The van der Waals surface area contributed by atoms with E-state index >= 15 is 0 Å². The number of hydrogen-bond acceptors (Lipinski definition) is 1. The number of nitrogens with one attached hydrogen (secondary N) is 1. The Morgan fingerprint density at radius 3 is 1.11 bits per heavy atom. The molecule has 148 valence electrons. The maximum absolute atomic E-state index is 3.85. The van der Waals surface area contributed by atoms with E-state index in [-0.39, 0.29) is 15.8 Å². The second-order valence-corrected chi connectivity index (χ2v) is 15.1. The number of hydrogen-bond donors (Lipinski definition) is 1. The van der Waals surface area contributed by atoms with Crippen molar-refractivity contribution in [3.63, 3.8) is 0 Å². The number of para-hydroxylation sites is 2. The van der Waals surface area contributed by atoms with Crippen LogP contribution in [0.3, 0.4) is 0 Å². The van der Waals surface area contributed by atoms with Crippen molar-refractivity contribution < 1.29 is 0 Å². The summed E-state index contributed by atoms with van der Waals surface area (Å²) in [4.78, 5) is 0. The van der Waals surface area contributed by atoms with Gasteiger partial charge in [0.2, 0.25) is 0 Å². The highest BCUT2D eigenvalue weighted by Crippen LogP contribution is 2.48. The van der Waals surface area contributed by atoms with Gasteiger partial charge in [0.15, 0.2) is 0 Å². The molecule has 3 heteroatoms. The molecule has 2 aromatic rings. The Morgan fingerprint density at radius 2 is 0.815 bits per heavy atom. The van der Waals surface area contributed by atoms with Gasteiger partial charge in [0.1, 0.15) is 0 Å². The Hall–Kier alpha value is -0.900. The average Bonchev–Trinajstić information content (AvgIpc) is 2.57. The third kappa shape index (κ3) is 5.56. The Labute approximate surface area is 169 Å². The SMILES string of the molecule is CC(C)P(c1ccccc1Nc1ccccc1P(C(C)C)C(C)C)C(C)C. The summed E-state index contributed by atoms with van der Waals surface area (Å²) < 4.78 is 0. The average molecular weight is 402 g/mol. The van der Waals surface area contributed by atoms with Crippen LogP contribution in [0.15, 0.2) is 48.5 Å². The van der Waals surface area contributed by atoms with Crippen molar-refractivity contribution in [3.8, 4) is 0 Å².